The molecule has 0 radical (unpaired) electrons. The molecule has 0 atom stereocenters. The quantitative estimate of drug-likeness (QED) is 0.747. The van der Waals surface area contributed by atoms with E-state index in [4.69, 9.17) is 4.74 Å². The Balaban J connectivity index is 1.99. The van der Waals surface area contributed by atoms with E-state index in [-0.39, 0.29) is 0 Å². The number of halogens is 1. The highest BCUT2D eigenvalue weighted by Crippen LogP contribution is 2.29. The molecule has 0 bridgehead atoms. The van der Waals surface area contributed by atoms with Gasteiger partial charge in [-0.25, -0.2) is 0 Å². The summed E-state index contributed by atoms with van der Waals surface area (Å²) in [5.74, 6) is 1.67. The van der Waals surface area contributed by atoms with E-state index in [0.29, 0.717) is 6.42 Å². The lowest BCUT2D eigenvalue weighted by Gasteiger charge is -2.25. The molecule has 1 fully saturated rings. The van der Waals surface area contributed by atoms with Crippen LogP contribution in [0.5, 0.6) is 5.75 Å². The summed E-state index contributed by atoms with van der Waals surface area (Å²) in [6.07, 6.45) is 6.18. The van der Waals surface area contributed by atoms with Gasteiger partial charge in [0, 0.05) is 10.9 Å². The third-order valence-electron chi connectivity index (χ3n) is 3.25. The maximum absolute atomic E-state index is 10.4. The van der Waals surface area contributed by atoms with E-state index in [9.17, 15) is 4.79 Å². The van der Waals surface area contributed by atoms with Crippen molar-refractivity contribution >= 4 is 22.2 Å². The predicted octanol–water partition coefficient (Wildman–Crippen LogP) is 3.76. The number of rotatable bonds is 6. The average molecular weight is 297 g/mol. The molecule has 0 spiro atoms. The van der Waals surface area contributed by atoms with Crippen LogP contribution in [0, 0.1) is 5.92 Å². The number of hydrogen-bond acceptors (Lipinski definition) is 2. The summed E-state index contributed by atoms with van der Waals surface area (Å²) in [5, 5.41) is 0. The van der Waals surface area contributed by atoms with E-state index < -0.39 is 0 Å². The highest BCUT2D eigenvalue weighted by atomic mass is 79.9. The Labute approximate surface area is 110 Å². The van der Waals surface area contributed by atoms with Crippen LogP contribution >= 0.6 is 15.9 Å². The van der Waals surface area contributed by atoms with Gasteiger partial charge in [0.2, 0.25) is 0 Å². The van der Waals surface area contributed by atoms with E-state index >= 15 is 0 Å². The van der Waals surface area contributed by atoms with Gasteiger partial charge in [0.1, 0.15) is 12.0 Å². The first kappa shape index (κ1) is 12.6. The molecule has 0 saturated heterocycles. The predicted molar refractivity (Wildman–Crippen MR) is 71.4 cm³/mol. The van der Waals surface area contributed by atoms with Crippen LogP contribution in [-0.4, -0.2) is 12.9 Å². The molecule has 0 aliphatic heterocycles. The van der Waals surface area contributed by atoms with Crippen molar-refractivity contribution in [2.45, 2.75) is 32.1 Å². The molecule has 1 saturated carbocycles. The van der Waals surface area contributed by atoms with Crippen LogP contribution in [-0.2, 0) is 11.2 Å². The van der Waals surface area contributed by atoms with Gasteiger partial charge in [-0.1, -0.05) is 22.4 Å². The van der Waals surface area contributed by atoms with Gasteiger partial charge < -0.3 is 9.53 Å². The summed E-state index contributed by atoms with van der Waals surface area (Å²) >= 11 is 3.45. The van der Waals surface area contributed by atoms with E-state index in [2.05, 4.69) is 15.9 Å². The molecule has 0 N–H and O–H groups in total. The molecule has 0 heterocycles. The molecule has 2 rings (SSSR count). The van der Waals surface area contributed by atoms with E-state index in [1.165, 1.54) is 19.3 Å². The fraction of sp³-hybridized carbons (Fsp3) is 0.500. The molecular formula is C14H17BrO2. The summed E-state index contributed by atoms with van der Waals surface area (Å²) in [6.45, 7) is 0.815. The number of ether oxygens (including phenoxy) is 1. The van der Waals surface area contributed by atoms with Gasteiger partial charge in [0.25, 0.3) is 0 Å². The van der Waals surface area contributed by atoms with Gasteiger partial charge in [0.15, 0.2) is 0 Å². The number of aryl methyl sites for hydroxylation is 1. The Hall–Kier alpha value is -0.830. The van der Waals surface area contributed by atoms with Gasteiger partial charge in [-0.05, 0) is 48.9 Å². The monoisotopic (exact) mass is 296 g/mol. The first-order chi connectivity index (χ1) is 8.29. The Morgan fingerprint density at radius 1 is 1.41 bits per heavy atom. The van der Waals surface area contributed by atoms with Crippen LogP contribution in [0.3, 0.4) is 0 Å². The highest BCUT2D eigenvalue weighted by Gasteiger charge is 2.18. The summed E-state index contributed by atoms with van der Waals surface area (Å²) in [4.78, 5) is 10.4. The number of benzene rings is 1. The molecule has 3 heteroatoms. The summed E-state index contributed by atoms with van der Waals surface area (Å²) < 4.78 is 6.89. The maximum Gasteiger partial charge on any atom is 0.122 e. The molecule has 1 aromatic rings. The van der Waals surface area contributed by atoms with Crippen molar-refractivity contribution in [1.29, 1.82) is 0 Å². The van der Waals surface area contributed by atoms with Crippen molar-refractivity contribution in [3.8, 4) is 5.75 Å². The van der Waals surface area contributed by atoms with Crippen molar-refractivity contribution in [3.05, 3.63) is 28.2 Å². The first-order valence-corrected chi connectivity index (χ1v) is 6.94. The lowest BCUT2D eigenvalue weighted by Crippen LogP contribution is -2.19. The SMILES string of the molecule is O=CCCc1cc(Br)ccc1OCC1CCC1. The number of carbonyl (C=O) groups excluding carboxylic acids is 1. The van der Waals surface area contributed by atoms with Crippen LogP contribution in [0.25, 0.3) is 0 Å². The molecule has 0 amide bonds. The second kappa shape index (κ2) is 6.20. The first-order valence-electron chi connectivity index (χ1n) is 6.14. The van der Waals surface area contributed by atoms with Crippen molar-refractivity contribution in [2.24, 2.45) is 5.92 Å². The molecule has 1 aromatic carbocycles. The highest BCUT2D eigenvalue weighted by molar-refractivity contribution is 9.10. The molecule has 17 heavy (non-hydrogen) atoms. The van der Waals surface area contributed by atoms with Crippen molar-refractivity contribution in [2.75, 3.05) is 6.61 Å². The van der Waals surface area contributed by atoms with Gasteiger partial charge in [-0.2, -0.15) is 0 Å². The minimum Gasteiger partial charge on any atom is -0.493 e. The Bertz CT molecular complexity index is 386. The van der Waals surface area contributed by atoms with E-state index in [1.807, 2.05) is 18.2 Å². The van der Waals surface area contributed by atoms with Gasteiger partial charge in [-0.3, -0.25) is 0 Å². The van der Waals surface area contributed by atoms with E-state index in [0.717, 1.165) is 41.0 Å². The van der Waals surface area contributed by atoms with Crippen molar-refractivity contribution < 1.29 is 9.53 Å². The molecule has 2 nitrogen and oxygen atoms in total. The summed E-state index contributed by atoms with van der Waals surface area (Å²) in [6, 6.07) is 6.02. The smallest absolute Gasteiger partial charge is 0.122 e. The molecule has 1 aliphatic rings. The standard InChI is InChI=1S/C14H17BrO2/c15-13-6-7-14(12(9-13)5-2-8-16)17-10-11-3-1-4-11/h6-9,11H,1-5,10H2. The number of aldehydes is 1. The lowest BCUT2D eigenvalue weighted by atomic mass is 9.86. The average Bonchev–Trinajstić information content (AvgIpc) is 2.26. The zero-order chi connectivity index (χ0) is 12.1. The number of hydrogen-bond donors (Lipinski definition) is 0. The molecular weight excluding hydrogens is 280 g/mol. The minimum absolute atomic E-state index is 0.552. The third-order valence-corrected chi connectivity index (χ3v) is 3.75. The summed E-state index contributed by atoms with van der Waals surface area (Å²) in [5.41, 5.74) is 1.12. The zero-order valence-electron chi connectivity index (χ0n) is 9.82. The topological polar surface area (TPSA) is 26.3 Å². The Morgan fingerprint density at radius 3 is 2.88 bits per heavy atom. The third kappa shape index (κ3) is 3.56. The van der Waals surface area contributed by atoms with E-state index in [1.54, 1.807) is 0 Å². The molecule has 0 unspecified atom stereocenters. The second-order valence-corrected chi connectivity index (χ2v) is 5.48. The molecule has 0 aromatic heterocycles. The van der Waals surface area contributed by atoms with Crippen LogP contribution in [0.15, 0.2) is 22.7 Å². The maximum atomic E-state index is 10.4. The fourth-order valence-corrected chi connectivity index (χ4v) is 2.37. The van der Waals surface area contributed by atoms with Crippen LogP contribution in [0.1, 0.15) is 31.2 Å². The largest absolute Gasteiger partial charge is 0.493 e. The normalized spacial score (nSPS) is 15.4. The number of carbonyl (C=O) groups is 1. The summed E-state index contributed by atoms with van der Waals surface area (Å²) in [7, 11) is 0. The minimum atomic E-state index is 0.552. The van der Waals surface area contributed by atoms with Crippen LogP contribution in [0.4, 0.5) is 0 Å². The van der Waals surface area contributed by atoms with Crippen molar-refractivity contribution in [1.82, 2.24) is 0 Å². The Morgan fingerprint density at radius 2 is 2.24 bits per heavy atom. The zero-order valence-corrected chi connectivity index (χ0v) is 11.4. The van der Waals surface area contributed by atoms with Gasteiger partial charge >= 0.3 is 0 Å². The molecule has 1 aliphatic carbocycles. The second-order valence-electron chi connectivity index (χ2n) is 4.57. The lowest BCUT2D eigenvalue weighted by molar-refractivity contribution is -0.107. The fourth-order valence-electron chi connectivity index (χ4n) is 1.97. The van der Waals surface area contributed by atoms with Crippen molar-refractivity contribution in [3.63, 3.8) is 0 Å². The molecule has 92 valence electrons. The Kier molecular flexibility index (Phi) is 4.60. The van der Waals surface area contributed by atoms with Gasteiger partial charge in [0.05, 0.1) is 6.61 Å². The van der Waals surface area contributed by atoms with Gasteiger partial charge in [-0.15, -0.1) is 0 Å². The van der Waals surface area contributed by atoms with Crippen LogP contribution < -0.4 is 4.74 Å². The van der Waals surface area contributed by atoms with Crippen LogP contribution in [0.2, 0.25) is 0 Å².